The molecule has 0 saturated heterocycles. The molecule has 0 aromatic heterocycles. The Bertz CT molecular complexity index is 919. The number of non-ortho nitro benzene ring substituents is 1. The van der Waals surface area contributed by atoms with Gasteiger partial charge < -0.3 is 10.5 Å². The number of hydrogen-bond acceptors (Lipinski definition) is 8. The van der Waals surface area contributed by atoms with Crippen molar-refractivity contribution in [2.24, 2.45) is 16.6 Å². The molecule has 1 aliphatic heterocycles. The number of rotatable bonds is 6. The maximum Gasteiger partial charge on any atom is 0.336 e. The molecule has 9 nitrogen and oxygen atoms in total. The number of thioether (sulfide) groups is 1. The lowest BCUT2D eigenvalue weighted by molar-refractivity contribution is -0.384. The van der Waals surface area contributed by atoms with Gasteiger partial charge in [0.1, 0.15) is 0 Å². The van der Waals surface area contributed by atoms with Crippen molar-refractivity contribution < 1.29 is 14.5 Å². The van der Waals surface area contributed by atoms with Gasteiger partial charge in [-0.3, -0.25) is 20.5 Å². The van der Waals surface area contributed by atoms with Crippen molar-refractivity contribution in [3.05, 3.63) is 51.2 Å². The summed E-state index contributed by atoms with van der Waals surface area (Å²) >= 11 is 0.990. The zero-order valence-electron chi connectivity index (χ0n) is 15.3. The maximum atomic E-state index is 12.7. The number of aliphatic imine (C=N–C) groups is 1. The van der Waals surface area contributed by atoms with Crippen LogP contribution < -0.4 is 5.73 Å². The van der Waals surface area contributed by atoms with E-state index in [9.17, 15) is 20.2 Å². The summed E-state index contributed by atoms with van der Waals surface area (Å²) in [5.41, 5.74) is 6.70. The average Bonchev–Trinajstić information content (AvgIpc) is 2.65. The van der Waals surface area contributed by atoms with Crippen LogP contribution in [0.5, 0.6) is 0 Å². The first-order chi connectivity index (χ1) is 13.3. The third kappa shape index (κ3) is 4.55. The number of nitrogens with zero attached hydrogens (tertiary/aromatic N) is 3. The van der Waals surface area contributed by atoms with Crippen LogP contribution in [-0.2, 0) is 9.53 Å². The number of hydrogen-bond donors (Lipinski definition) is 2. The van der Waals surface area contributed by atoms with Gasteiger partial charge in [0.15, 0.2) is 5.17 Å². The summed E-state index contributed by atoms with van der Waals surface area (Å²) in [6.45, 7) is 3.44. The van der Waals surface area contributed by atoms with E-state index in [4.69, 9.17) is 15.9 Å². The molecule has 0 aliphatic carbocycles. The van der Waals surface area contributed by atoms with E-state index < -0.39 is 22.7 Å². The van der Waals surface area contributed by atoms with Gasteiger partial charge in [-0.1, -0.05) is 23.9 Å². The SMILES string of the molecule is CCOC(=O)C1=C(CSC(=N)N)N=C(C)C(C#N)C1c1cccc([N+](=O)[O-])c1. The van der Waals surface area contributed by atoms with Gasteiger partial charge in [0.2, 0.25) is 0 Å². The average molecular weight is 401 g/mol. The third-order valence-corrected chi connectivity index (χ3v) is 4.88. The molecule has 0 fully saturated rings. The van der Waals surface area contributed by atoms with E-state index in [1.165, 1.54) is 18.2 Å². The summed E-state index contributed by atoms with van der Waals surface area (Å²) in [5, 5.41) is 28.2. The second kappa shape index (κ2) is 9.14. The summed E-state index contributed by atoms with van der Waals surface area (Å²) < 4.78 is 5.17. The summed E-state index contributed by atoms with van der Waals surface area (Å²) in [5.74, 6) is -2.06. The van der Waals surface area contributed by atoms with Crippen molar-refractivity contribution in [2.75, 3.05) is 12.4 Å². The number of nitriles is 1. The van der Waals surface area contributed by atoms with Crippen LogP contribution in [0.4, 0.5) is 5.69 Å². The Labute approximate surface area is 165 Å². The van der Waals surface area contributed by atoms with Gasteiger partial charge in [-0.25, -0.2) is 4.79 Å². The van der Waals surface area contributed by atoms with E-state index in [1.807, 2.05) is 0 Å². The molecule has 2 atom stereocenters. The van der Waals surface area contributed by atoms with Crippen LogP contribution in [0.25, 0.3) is 0 Å². The first kappa shape index (κ1) is 21.1. The molecule has 2 unspecified atom stereocenters. The third-order valence-electron chi connectivity index (χ3n) is 4.16. The van der Waals surface area contributed by atoms with Crippen molar-refractivity contribution in [1.29, 1.82) is 10.7 Å². The van der Waals surface area contributed by atoms with Gasteiger partial charge in [0, 0.05) is 29.5 Å². The Morgan fingerprint density at radius 3 is 2.82 bits per heavy atom. The predicted molar refractivity (Wildman–Crippen MR) is 106 cm³/mol. The van der Waals surface area contributed by atoms with E-state index in [0.29, 0.717) is 17.0 Å². The van der Waals surface area contributed by atoms with Crippen molar-refractivity contribution in [2.45, 2.75) is 19.8 Å². The van der Waals surface area contributed by atoms with Gasteiger partial charge in [-0.2, -0.15) is 5.26 Å². The summed E-state index contributed by atoms with van der Waals surface area (Å²) in [7, 11) is 0. The lowest BCUT2D eigenvalue weighted by Gasteiger charge is -2.29. The molecule has 0 amide bonds. The fourth-order valence-corrected chi connectivity index (χ4v) is 3.51. The molecular weight excluding hydrogens is 382 g/mol. The van der Waals surface area contributed by atoms with Gasteiger partial charge in [-0.15, -0.1) is 0 Å². The molecule has 1 aromatic rings. The van der Waals surface area contributed by atoms with Crippen LogP contribution in [0.3, 0.4) is 0 Å². The Morgan fingerprint density at radius 2 is 2.25 bits per heavy atom. The molecule has 0 bridgehead atoms. The molecule has 1 heterocycles. The van der Waals surface area contributed by atoms with Crippen molar-refractivity contribution in [3.63, 3.8) is 0 Å². The number of nitrogens with two attached hydrogens (primary N) is 1. The number of amidine groups is 1. The molecule has 146 valence electrons. The molecule has 1 aromatic carbocycles. The zero-order valence-corrected chi connectivity index (χ0v) is 16.2. The normalized spacial score (nSPS) is 18.8. The lowest BCUT2D eigenvalue weighted by atomic mass is 9.76. The fourth-order valence-electron chi connectivity index (χ4n) is 3.00. The highest BCUT2D eigenvalue weighted by molar-refractivity contribution is 8.13. The van der Waals surface area contributed by atoms with Gasteiger partial charge in [0.05, 0.1) is 34.8 Å². The smallest absolute Gasteiger partial charge is 0.336 e. The van der Waals surface area contributed by atoms with E-state index in [2.05, 4.69) is 11.1 Å². The number of benzene rings is 1. The van der Waals surface area contributed by atoms with E-state index in [-0.39, 0.29) is 28.8 Å². The van der Waals surface area contributed by atoms with Gasteiger partial charge in [0.25, 0.3) is 5.69 Å². The largest absolute Gasteiger partial charge is 0.463 e. The molecule has 2 rings (SSSR count). The first-order valence-electron chi connectivity index (χ1n) is 8.36. The molecule has 0 spiro atoms. The number of nitrogens with one attached hydrogen (secondary N) is 1. The maximum absolute atomic E-state index is 12.7. The monoisotopic (exact) mass is 401 g/mol. The fraction of sp³-hybridized carbons (Fsp3) is 0.333. The van der Waals surface area contributed by atoms with Crippen molar-refractivity contribution in [3.8, 4) is 6.07 Å². The Morgan fingerprint density at radius 1 is 1.54 bits per heavy atom. The summed E-state index contributed by atoms with van der Waals surface area (Å²) in [6.07, 6.45) is 0. The second-order valence-electron chi connectivity index (χ2n) is 5.92. The minimum Gasteiger partial charge on any atom is -0.463 e. The highest BCUT2D eigenvalue weighted by Crippen LogP contribution is 2.40. The number of ether oxygens (including phenoxy) is 1. The summed E-state index contributed by atoms with van der Waals surface area (Å²) in [6, 6.07) is 7.98. The molecule has 0 saturated carbocycles. The van der Waals surface area contributed by atoms with Gasteiger partial charge >= 0.3 is 5.97 Å². The van der Waals surface area contributed by atoms with Crippen LogP contribution in [0.15, 0.2) is 40.5 Å². The van der Waals surface area contributed by atoms with E-state index >= 15 is 0 Å². The van der Waals surface area contributed by atoms with Crippen LogP contribution >= 0.6 is 11.8 Å². The second-order valence-corrected chi connectivity index (χ2v) is 6.94. The van der Waals surface area contributed by atoms with Crippen molar-refractivity contribution in [1.82, 2.24) is 0 Å². The zero-order chi connectivity index (χ0) is 20.8. The molecule has 28 heavy (non-hydrogen) atoms. The van der Waals surface area contributed by atoms with Crippen molar-refractivity contribution >= 4 is 34.3 Å². The molecular formula is C18H19N5O4S. The number of carbonyl (C=O) groups is 1. The number of esters is 1. The quantitative estimate of drug-likeness (QED) is 0.244. The molecule has 10 heteroatoms. The standard InChI is InChI=1S/C18H19N5O4S/c1-3-27-17(24)16-14(9-28-18(20)21)22-10(2)13(8-19)15(16)11-5-4-6-12(7-11)23(25)26/h4-7,13,15H,3,9H2,1-2H3,(H3,20,21). The number of carbonyl (C=O) groups excluding carboxylic acids is 1. The summed E-state index contributed by atoms with van der Waals surface area (Å²) in [4.78, 5) is 27.8. The Hall–Kier alpha value is -3.19. The van der Waals surface area contributed by atoms with Crippen LogP contribution in [0.2, 0.25) is 0 Å². The number of nitro benzene ring substituents is 1. The van der Waals surface area contributed by atoms with Crippen LogP contribution in [0.1, 0.15) is 25.3 Å². The minimum atomic E-state index is -0.785. The predicted octanol–water partition coefficient (Wildman–Crippen LogP) is 2.74. The first-order valence-corrected chi connectivity index (χ1v) is 9.34. The molecule has 0 radical (unpaired) electrons. The van der Waals surface area contributed by atoms with Crippen LogP contribution in [-0.4, -0.2) is 34.1 Å². The van der Waals surface area contributed by atoms with Crippen LogP contribution in [0, 0.1) is 32.8 Å². The highest BCUT2D eigenvalue weighted by atomic mass is 32.2. The Kier molecular flexibility index (Phi) is 6.89. The number of nitro groups is 1. The minimum absolute atomic E-state index is 0.122. The highest BCUT2D eigenvalue weighted by Gasteiger charge is 2.39. The molecule has 3 N–H and O–H groups in total. The lowest BCUT2D eigenvalue weighted by Crippen LogP contribution is -2.30. The van der Waals surface area contributed by atoms with Gasteiger partial charge in [-0.05, 0) is 19.4 Å². The van der Waals surface area contributed by atoms with E-state index in [1.54, 1.807) is 19.9 Å². The molecule has 1 aliphatic rings. The van der Waals surface area contributed by atoms with E-state index in [0.717, 1.165) is 11.8 Å². The topological polar surface area (TPSA) is 155 Å². The Balaban J connectivity index is 2.68.